The molecule has 0 radical (unpaired) electrons. The SMILES string of the molecule is COCC(=O)Nc1nc(-c2cccc(C)c2)c(C(=O)O)s1. The summed E-state index contributed by atoms with van der Waals surface area (Å²) in [7, 11) is 1.41. The molecular weight excluding hydrogens is 292 g/mol. The third-order valence-corrected chi connectivity index (χ3v) is 3.59. The van der Waals surface area contributed by atoms with Crippen molar-refractivity contribution in [2.75, 3.05) is 19.0 Å². The van der Waals surface area contributed by atoms with E-state index in [0.717, 1.165) is 16.9 Å². The molecule has 0 spiro atoms. The zero-order valence-corrected chi connectivity index (χ0v) is 12.4. The second kappa shape index (κ2) is 6.47. The number of aryl methyl sites for hydroxylation is 1. The molecule has 110 valence electrons. The van der Waals surface area contributed by atoms with Gasteiger partial charge in [-0.05, 0) is 13.0 Å². The van der Waals surface area contributed by atoms with Crippen LogP contribution in [0.2, 0.25) is 0 Å². The van der Waals surface area contributed by atoms with E-state index in [1.807, 2.05) is 25.1 Å². The number of methoxy groups -OCH3 is 1. The van der Waals surface area contributed by atoms with Crippen LogP contribution in [0.25, 0.3) is 11.3 Å². The summed E-state index contributed by atoms with van der Waals surface area (Å²) < 4.78 is 4.71. The Kier molecular flexibility index (Phi) is 4.66. The molecule has 21 heavy (non-hydrogen) atoms. The lowest BCUT2D eigenvalue weighted by molar-refractivity contribution is -0.119. The molecular formula is C14H14N2O4S. The number of carboxylic acids is 1. The zero-order chi connectivity index (χ0) is 15.4. The van der Waals surface area contributed by atoms with E-state index >= 15 is 0 Å². The van der Waals surface area contributed by atoms with Crippen molar-refractivity contribution in [3.63, 3.8) is 0 Å². The quantitative estimate of drug-likeness (QED) is 0.885. The molecule has 0 aliphatic carbocycles. The molecule has 2 rings (SSSR count). The number of nitrogens with one attached hydrogen (secondary N) is 1. The Hall–Kier alpha value is -2.25. The minimum atomic E-state index is -1.07. The van der Waals surface area contributed by atoms with E-state index in [1.54, 1.807) is 6.07 Å². The largest absolute Gasteiger partial charge is 0.477 e. The van der Waals surface area contributed by atoms with Gasteiger partial charge in [0.25, 0.3) is 5.91 Å². The van der Waals surface area contributed by atoms with E-state index < -0.39 is 5.97 Å². The normalized spacial score (nSPS) is 10.4. The monoisotopic (exact) mass is 306 g/mol. The highest BCUT2D eigenvalue weighted by molar-refractivity contribution is 7.18. The van der Waals surface area contributed by atoms with Gasteiger partial charge in [-0.2, -0.15) is 0 Å². The molecule has 2 aromatic rings. The molecule has 1 aromatic carbocycles. The number of hydrogen-bond donors (Lipinski definition) is 2. The first-order valence-corrected chi connectivity index (χ1v) is 6.93. The number of hydrogen-bond acceptors (Lipinski definition) is 5. The molecule has 0 aliphatic rings. The lowest BCUT2D eigenvalue weighted by atomic mass is 10.1. The molecule has 2 N–H and O–H groups in total. The second-order valence-electron chi connectivity index (χ2n) is 4.35. The average Bonchev–Trinajstić information content (AvgIpc) is 2.83. The van der Waals surface area contributed by atoms with E-state index in [9.17, 15) is 14.7 Å². The molecule has 0 aliphatic heterocycles. The summed E-state index contributed by atoms with van der Waals surface area (Å²) in [6.45, 7) is 1.80. The molecule has 1 aromatic heterocycles. The Balaban J connectivity index is 2.38. The summed E-state index contributed by atoms with van der Waals surface area (Å²) >= 11 is 0.924. The fraction of sp³-hybridized carbons (Fsp3) is 0.214. The Morgan fingerprint density at radius 2 is 2.19 bits per heavy atom. The number of benzene rings is 1. The summed E-state index contributed by atoms with van der Waals surface area (Å²) in [6.07, 6.45) is 0. The second-order valence-corrected chi connectivity index (χ2v) is 5.35. The first-order chi connectivity index (χ1) is 10.0. The fourth-order valence-electron chi connectivity index (χ4n) is 1.79. The standard InChI is InChI=1S/C14H14N2O4S/c1-8-4-3-5-9(6-8)11-12(13(18)19)21-14(16-11)15-10(17)7-20-2/h3-6H,7H2,1-2H3,(H,18,19)(H,15,16,17). The van der Waals surface area contributed by atoms with Gasteiger partial charge in [0.2, 0.25) is 0 Å². The molecule has 7 heteroatoms. The number of carboxylic acid groups (broad SMARTS) is 1. The first kappa shape index (κ1) is 15.1. The maximum Gasteiger partial charge on any atom is 0.348 e. The highest BCUT2D eigenvalue weighted by Gasteiger charge is 2.19. The van der Waals surface area contributed by atoms with Crippen molar-refractivity contribution in [3.8, 4) is 11.3 Å². The van der Waals surface area contributed by atoms with Crippen LogP contribution >= 0.6 is 11.3 Å². The number of aromatic nitrogens is 1. The van der Waals surface area contributed by atoms with Gasteiger partial charge in [0, 0.05) is 12.7 Å². The van der Waals surface area contributed by atoms with Crippen molar-refractivity contribution in [1.29, 1.82) is 0 Å². The molecule has 0 fully saturated rings. The maximum absolute atomic E-state index is 11.5. The van der Waals surface area contributed by atoms with E-state index in [-0.39, 0.29) is 22.5 Å². The van der Waals surface area contributed by atoms with Gasteiger partial charge in [0.15, 0.2) is 5.13 Å². The molecule has 6 nitrogen and oxygen atoms in total. The van der Waals surface area contributed by atoms with Crippen molar-refractivity contribution in [2.24, 2.45) is 0 Å². The highest BCUT2D eigenvalue weighted by Crippen LogP contribution is 2.31. The highest BCUT2D eigenvalue weighted by atomic mass is 32.1. The van der Waals surface area contributed by atoms with E-state index in [0.29, 0.717) is 11.3 Å². The van der Waals surface area contributed by atoms with Gasteiger partial charge >= 0.3 is 5.97 Å². The number of carbonyl (C=O) groups excluding carboxylic acids is 1. The number of nitrogens with zero attached hydrogens (tertiary/aromatic N) is 1. The molecule has 0 bridgehead atoms. The summed E-state index contributed by atoms with van der Waals surface area (Å²) in [6, 6.07) is 7.38. The third-order valence-electron chi connectivity index (χ3n) is 2.63. The van der Waals surface area contributed by atoms with Crippen molar-refractivity contribution < 1.29 is 19.4 Å². The predicted molar refractivity (Wildman–Crippen MR) is 79.8 cm³/mol. The topological polar surface area (TPSA) is 88.5 Å². The van der Waals surface area contributed by atoms with Gasteiger partial charge in [-0.1, -0.05) is 35.1 Å². The van der Waals surface area contributed by atoms with Gasteiger partial charge in [-0.25, -0.2) is 9.78 Å². The number of carbonyl (C=O) groups is 2. The van der Waals surface area contributed by atoms with Crippen LogP contribution in [0.5, 0.6) is 0 Å². The Morgan fingerprint density at radius 1 is 1.43 bits per heavy atom. The van der Waals surface area contributed by atoms with Crippen LogP contribution in [0, 0.1) is 6.92 Å². The van der Waals surface area contributed by atoms with Crippen LogP contribution in [0.1, 0.15) is 15.2 Å². The van der Waals surface area contributed by atoms with Gasteiger partial charge in [-0.15, -0.1) is 0 Å². The summed E-state index contributed by atoms with van der Waals surface area (Å²) in [5.41, 5.74) is 2.06. The van der Waals surface area contributed by atoms with Crippen LogP contribution in [-0.2, 0) is 9.53 Å². The summed E-state index contributed by atoms with van der Waals surface area (Å²) in [5, 5.41) is 12.0. The molecule has 1 amide bonds. The minimum Gasteiger partial charge on any atom is -0.477 e. The number of ether oxygens (including phenoxy) is 1. The van der Waals surface area contributed by atoms with Gasteiger partial charge in [-0.3, -0.25) is 10.1 Å². The Morgan fingerprint density at radius 3 is 2.81 bits per heavy atom. The van der Waals surface area contributed by atoms with Crippen LogP contribution in [0.3, 0.4) is 0 Å². The maximum atomic E-state index is 11.5. The van der Waals surface area contributed by atoms with E-state index in [1.165, 1.54) is 7.11 Å². The summed E-state index contributed by atoms with van der Waals surface area (Å²) in [5.74, 6) is -1.45. The van der Waals surface area contributed by atoms with Crippen molar-refractivity contribution in [3.05, 3.63) is 34.7 Å². The molecule has 0 saturated heterocycles. The van der Waals surface area contributed by atoms with Gasteiger partial charge in [0.1, 0.15) is 11.5 Å². The zero-order valence-electron chi connectivity index (χ0n) is 11.5. The van der Waals surface area contributed by atoms with Crippen molar-refractivity contribution >= 4 is 28.3 Å². The lowest BCUT2D eigenvalue weighted by Crippen LogP contribution is -2.16. The molecule has 1 heterocycles. The number of anilines is 1. The first-order valence-electron chi connectivity index (χ1n) is 6.11. The lowest BCUT2D eigenvalue weighted by Gasteiger charge is -2.00. The summed E-state index contributed by atoms with van der Waals surface area (Å²) in [4.78, 5) is 27.1. The fourth-order valence-corrected chi connectivity index (χ4v) is 2.64. The van der Waals surface area contributed by atoms with Crippen molar-refractivity contribution in [1.82, 2.24) is 4.98 Å². The van der Waals surface area contributed by atoms with Gasteiger partial charge < -0.3 is 9.84 Å². The number of rotatable bonds is 5. The van der Waals surface area contributed by atoms with E-state index in [4.69, 9.17) is 4.74 Å². The van der Waals surface area contributed by atoms with E-state index in [2.05, 4.69) is 10.3 Å². The smallest absolute Gasteiger partial charge is 0.348 e. The van der Waals surface area contributed by atoms with Crippen molar-refractivity contribution in [2.45, 2.75) is 6.92 Å². The van der Waals surface area contributed by atoms with Gasteiger partial charge in [0.05, 0.1) is 5.69 Å². The minimum absolute atomic E-state index is 0.0910. The number of thiazole rings is 1. The molecule has 0 unspecified atom stereocenters. The molecule has 0 atom stereocenters. The number of amides is 1. The Bertz CT molecular complexity index is 681. The molecule has 0 saturated carbocycles. The van der Waals surface area contributed by atoms with Crippen LogP contribution < -0.4 is 5.32 Å². The van der Waals surface area contributed by atoms with Crippen LogP contribution in [0.15, 0.2) is 24.3 Å². The van der Waals surface area contributed by atoms with Crippen LogP contribution in [0.4, 0.5) is 5.13 Å². The third kappa shape index (κ3) is 3.65. The Labute approximate surface area is 125 Å². The number of aromatic carboxylic acids is 1. The predicted octanol–water partition coefficient (Wildman–Crippen LogP) is 2.40. The average molecular weight is 306 g/mol. The van der Waals surface area contributed by atoms with Crippen LogP contribution in [-0.4, -0.2) is 35.7 Å².